The van der Waals surface area contributed by atoms with E-state index in [0.717, 1.165) is 16.9 Å². The lowest BCUT2D eigenvalue weighted by atomic mass is 9.97. The van der Waals surface area contributed by atoms with Crippen molar-refractivity contribution in [2.75, 3.05) is 13.0 Å². The number of alkyl halides is 1. The molecule has 2 atom stereocenters. The highest BCUT2D eigenvalue weighted by Crippen LogP contribution is 2.26. The number of rotatable bonds is 8. The van der Waals surface area contributed by atoms with E-state index in [0.29, 0.717) is 24.7 Å². The molecule has 132 valence electrons. The number of allylic oxidation sites excluding steroid dienone is 1. The number of halogens is 1. The predicted octanol–water partition coefficient (Wildman–Crippen LogP) is 2.13. The van der Waals surface area contributed by atoms with E-state index in [1.54, 1.807) is 12.0 Å². The molecule has 2 unspecified atom stereocenters. The van der Waals surface area contributed by atoms with Crippen molar-refractivity contribution in [2.45, 2.75) is 39.0 Å². The first kappa shape index (κ1) is 18.6. The first-order valence-electron chi connectivity index (χ1n) is 7.90. The number of nitrogens with two attached hydrogens (primary N) is 1. The zero-order chi connectivity index (χ0) is 17.7. The molecule has 0 aliphatic carbocycles. The number of β-lactam (4-membered cyclic amide) rings is 1. The lowest BCUT2D eigenvalue weighted by Gasteiger charge is -2.45. The van der Waals surface area contributed by atoms with Crippen LogP contribution < -0.4 is 16.0 Å². The molecule has 24 heavy (non-hydrogen) atoms. The normalized spacial score (nSPS) is 21.2. The maximum atomic E-state index is 12.1. The fourth-order valence-electron chi connectivity index (χ4n) is 2.49. The summed E-state index contributed by atoms with van der Waals surface area (Å²) in [5, 5.41) is 0. The summed E-state index contributed by atoms with van der Waals surface area (Å²) in [5.41, 5.74) is 10.6. The summed E-state index contributed by atoms with van der Waals surface area (Å²) in [4.78, 5) is 19.3. The summed E-state index contributed by atoms with van der Waals surface area (Å²) in [6, 6.07) is 7.00. The number of benzene rings is 1. The van der Waals surface area contributed by atoms with Gasteiger partial charge in [-0.25, -0.2) is 0 Å². The van der Waals surface area contributed by atoms with Gasteiger partial charge in [0, 0.05) is 5.88 Å². The molecular formula is C17H24ClN3O3. The average Bonchev–Trinajstić information content (AvgIpc) is 2.62. The molecule has 6 nitrogen and oxygen atoms in total. The van der Waals surface area contributed by atoms with Crippen LogP contribution in [-0.4, -0.2) is 35.9 Å². The van der Waals surface area contributed by atoms with Crippen LogP contribution in [0, 0.1) is 0 Å². The zero-order valence-electron chi connectivity index (χ0n) is 14.2. The maximum Gasteiger partial charge on any atom is 0.247 e. The van der Waals surface area contributed by atoms with E-state index in [1.165, 1.54) is 0 Å². The van der Waals surface area contributed by atoms with Crippen LogP contribution in [0.4, 0.5) is 0 Å². The predicted molar refractivity (Wildman–Crippen MR) is 93.2 cm³/mol. The Morgan fingerprint density at radius 2 is 2.04 bits per heavy atom. The van der Waals surface area contributed by atoms with Gasteiger partial charge in [0.2, 0.25) is 5.91 Å². The van der Waals surface area contributed by atoms with E-state index in [4.69, 9.17) is 26.9 Å². The number of hydroxylamine groups is 1. The number of carbonyl (C=O) groups is 1. The Hall–Kier alpha value is -1.76. The molecule has 3 N–H and O–H groups in total. The van der Waals surface area contributed by atoms with E-state index in [9.17, 15) is 4.79 Å². The van der Waals surface area contributed by atoms with Crippen LogP contribution in [0.15, 0.2) is 35.7 Å². The highest BCUT2D eigenvalue weighted by Gasteiger charge is 2.44. The molecule has 1 aliphatic heterocycles. The Morgan fingerprint density at radius 1 is 1.38 bits per heavy atom. The SMILES string of the molecule is CC/C(CCl)=C(/NOCc1ccc(OC)cc1)N1C(=O)C(N)C1C. The maximum absolute atomic E-state index is 12.1. The lowest BCUT2D eigenvalue weighted by Crippen LogP contribution is -2.68. The van der Waals surface area contributed by atoms with Gasteiger partial charge in [0.25, 0.3) is 0 Å². The second kappa shape index (κ2) is 8.37. The number of hydrogen-bond acceptors (Lipinski definition) is 5. The number of nitrogens with one attached hydrogen (secondary N) is 1. The molecule has 0 aromatic heterocycles. The van der Waals surface area contributed by atoms with Gasteiger partial charge in [0.05, 0.1) is 19.8 Å². The van der Waals surface area contributed by atoms with E-state index in [2.05, 4.69) is 5.48 Å². The van der Waals surface area contributed by atoms with Gasteiger partial charge in [0.1, 0.15) is 17.6 Å². The van der Waals surface area contributed by atoms with Crippen molar-refractivity contribution in [1.82, 2.24) is 10.4 Å². The van der Waals surface area contributed by atoms with E-state index < -0.39 is 6.04 Å². The van der Waals surface area contributed by atoms with Crippen molar-refractivity contribution in [3.05, 3.63) is 41.2 Å². The standard InChI is InChI=1S/C17H24ClN3O3/c1-4-13(9-18)16(21-11(2)15(19)17(21)22)20-24-10-12-5-7-14(23-3)8-6-12/h5-8,11,15,20H,4,9-10,19H2,1-3H3/b16-13+. The van der Waals surface area contributed by atoms with Crippen molar-refractivity contribution in [3.63, 3.8) is 0 Å². The van der Waals surface area contributed by atoms with Crippen molar-refractivity contribution in [1.29, 1.82) is 0 Å². The van der Waals surface area contributed by atoms with Crippen LogP contribution in [0.2, 0.25) is 0 Å². The summed E-state index contributed by atoms with van der Waals surface area (Å²) in [7, 11) is 1.62. The van der Waals surface area contributed by atoms with Crippen molar-refractivity contribution in [3.8, 4) is 5.75 Å². The number of likely N-dealkylation sites (tertiary alicyclic amines) is 1. The fourth-order valence-corrected chi connectivity index (χ4v) is 2.80. The van der Waals surface area contributed by atoms with Crippen LogP contribution >= 0.6 is 11.6 Å². The molecule has 0 radical (unpaired) electrons. The van der Waals surface area contributed by atoms with Gasteiger partial charge in [0.15, 0.2) is 0 Å². The molecule has 1 aromatic rings. The van der Waals surface area contributed by atoms with Crippen molar-refractivity contribution in [2.24, 2.45) is 5.73 Å². The minimum absolute atomic E-state index is 0.0886. The molecule has 7 heteroatoms. The largest absolute Gasteiger partial charge is 0.497 e. The molecule has 1 amide bonds. The van der Waals surface area contributed by atoms with Crippen LogP contribution in [0.25, 0.3) is 0 Å². The number of ether oxygens (including phenoxy) is 1. The molecule has 2 rings (SSSR count). The van der Waals surface area contributed by atoms with E-state index in [1.807, 2.05) is 38.1 Å². The Kier molecular flexibility index (Phi) is 6.48. The number of methoxy groups -OCH3 is 1. The van der Waals surface area contributed by atoms with Crippen molar-refractivity contribution < 1.29 is 14.4 Å². The minimum Gasteiger partial charge on any atom is -0.497 e. The molecular weight excluding hydrogens is 330 g/mol. The third-order valence-corrected chi connectivity index (χ3v) is 4.50. The Balaban J connectivity index is 2.04. The van der Waals surface area contributed by atoms with Crippen LogP contribution in [0.3, 0.4) is 0 Å². The number of carbonyl (C=O) groups excluding carboxylic acids is 1. The monoisotopic (exact) mass is 353 g/mol. The molecule has 0 spiro atoms. The first-order chi connectivity index (χ1) is 11.5. The smallest absolute Gasteiger partial charge is 0.247 e. The van der Waals surface area contributed by atoms with Gasteiger partial charge in [-0.1, -0.05) is 19.1 Å². The van der Waals surface area contributed by atoms with Crippen LogP contribution in [0.5, 0.6) is 5.75 Å². The summed E-state index contributed by atoms with van der Waals surface area (Å²) in [6.07, 6.45) is 0.712. The molecule has 1 aromatic carbocycles. The second-order valence-electron chi connectivity index (χ2n) is 5.65. The third-order valence-electron chi connectivity index (χ3n) is 4.18. The lowest BCUT2D eigenvalue weighted by molar-refractivity contribution is -0.147. The third kappa shape index (κ3) is 3.83. The zero-order valence-corrected chi connectivity index (χ0v) is 15.0. The molecule has 1 heterocycles. The fraction of sp³-hybridized carbons (Fsp3) is 0.471. The summed E-state index contributed by atoms with van der Waals surface area (Å²) in [6.45, 7) is 4.23. The second-order valence-corrected chi connectivity index (χ2v) is 5.92. The molecule has 1 saturated heterocycles. The highest BCUT2D eigenvalue weighted by molar-refractivity contribution is 6.19. The van der Waals surface area contributed by atoms with Gasteiger partial charge in [-0.05, 0) is 36.6 Å². The van der Waals surface area contributed by atoms with Gasteiger partial charge in [-0.3, -0.25) is 20.0 Å². The van der Waals surface area contributed by atoms with Crippen LogP contribution in [0.1, 0.15) is 25.8 Å². The van der Waals surface area contributed by atoms with Crippen molar-refractivity contribution >= 4 is 17.5 Å². The number of hydrogen-bond donors (Lipinski definition) is 2. The molecule has 1 aliphatic rings. The van der Waals surface area contributed by atoms with E-state index >= 15 is 0 Å². The summed E-state index contributed by atoms with van der Waals surface area (Å²) < 4.78 is 5.13. The first-order valence-corrected chi connectivity index (χ1v) is 8.44. The quantitative estimate of drug-likeness (QED) is 0.425. The van der Waals surface area contributed by atoms with Gasteiger partial charge < -0.3 is 10.5 Å². The van der Waals surface area contributed by atoms with Gasteiger partial charge in [-0.15, -0.1) is 11.6 Å². The Bertz CT molecular complexity index is 598. The topological polar surface area (TPSA) is 76.8 Å². The number of nitrogens with zero attached hydrogens (tertiary/aromatic N) is 1. The molecule has 0 saturated carbocycles. The van der Waals surface area contributed by atoms with Gasteiger partial charge >= 0.3 is 0 Å². The number of amides is 1. The minimum atomic E-state index is -0.475. The summed E-state index contributed by atoms with van der Waals surface area (Å²) in [5.74, 6) is 1.57. The highest BCUT2D eigenvalue weighted by atomic mass is 35.5. The molecule has 1 fully saturated rings. The van der Waals surface area contributed by atoms with Gasteiger partial charge in [-0.2, -0.15) is 0 Å². The Labute approximate surface area is 147 Å². The Morgan fingerprint density at radius 3 is 2.54 bits per heavy atom. The summed E-state index contributed by atoms with van der Waals surface area (Å²) >= 11 is 6.01. The van der Waals surface area contributed by atoms with Crippen LogP contribution in [-0.2, 0) is 16.2 Å². The van der Waals surface area contributed by atoms with E-state index in [-0.39, 0.29) is 11.9 Å². The average molecular weight is 354 g/mol. The molecule has 0 bridgehead atoms.